The summed E-state index contributed by atoms with van der Waals surface area (Å²) in [7, 11) is -3.20. The maximum absolute atomic E-state index is 12.1. The summed E-state index contributed by atoms with van der Waals surface area (Å²) in [5, 5.41) is 3.20. The lowest BCUT2D eigenvalue weighted by Crippen LogP contribution is -2.24. The third-order valence-electron chi connectivity index (χ3n) is 5.26. The van der Waals surface area contributed by atoms with E-state index in [4.69, 9.17) is 0 Å². The summed E-state index contributed by atoms with van der Waals surface area (Å²) in [5.41, 5.74) is 1.90. The Balaban J connectivity index is 0.00000144. The largest absolute Gasteiger partial charge is 0.316 e. The number of rotatable bonds is 5. The molecule has 2 aliphatic carbocycles. The van der Waals surface area contributed by atoms with Crippen molar-refractivity contribution < 1.29 is 8.42 Å². The number of fused-ring (bicyclic) bond motifs is 1. The SMILES string of the molecule is C=CC1(c2cccc(NS(=O)(=O)C3CC3)c2)[C@@H]2CNC[C@@H]21.Cl. The second kappa shape index (κ2) is 5.25. The van der Waals surface area contributed by atoms with E-state index in [0.29, 0.717) is 17.5 Å². The molecule has 1 unspecified atom stereocenters. The quantitative estimate of drug-likeness (QED) is 0.808. The second-order valence-electron chi connectivity index (χ2n) is 6.44. The zero-order valence-electron chi connectivity index (χ0n) is 12.3. The number of piperidine rings is 1. The number of nitrogens with one attached hydrogen (secondary N) is 2. The van der Waals surface area contributed by atoms with E-state index in [2.05, 4.69) is 28.8 Å². The molecule has 1 saturated heterocycles. The summed E-state index contributed by atoms with van der Waals surface area (Å²) >= 11 is 0. The highest BCUT2D eigenvalue weighted by molar-refractivity contribution is 7.93. The smallest absolute Gasteiger partial charge is 0.235 e. The van der Waals surface area contributed by atoms with Gasteiger partial charge in [0.05, 0.1) is 5.25 Å². The first-order valence-electron chi connectivity index (χ1n) is 7.54. The lowest BCUT2D eigenvalue weighted by atomic mass is 9.90. The number of hydrogen-bond acceptors (Lipinski definition) is 3. The van der Waals surface area contributed by atoms with Crippen LogP contribution in [0.3, 0.4) is 0 Å². The topological polar surface area (TPSA) is 58.2 Å². The van der Waals surface area contributed by atoms with Crippen LogP contribution < -0.4 is 10.0 Å². The Morgan fingerprint density at radius 1 is 1.27 bits per heavy atom. The fraction of sp³-hybridized carbons (Fsp3) is 0.500. The molecule has 22 heavy (non-hydrogen) atoms. The highest BCUT2D eigenvalue weighted by Crippen LogP contribution is 2.62. The first-order chi connectivity index (χ1) is 10.1. The van der Waals surface area contributed by atoms with E-state index in [0.717, 1.165) is 25.9 Å². The number of anilines is 1. The van der Waals surface area contributed by atoms with Gasteiger partial charge in [-0.05, 0) is 55.5 Å². The van der Waals surface area contributed by atoms with Crippen LogP contribution in [-0.4, -0.2) is 26.8 Å². The predicted octanol–water partition coefficient (Wildman–Crippen LogP) is 2.29. The van der Waals surface area contributed by atoms with Gasteiger partial charge in [-0.3, -0.25) is 4.72 Å². The molecule has 1 aromatic carbocycles. The molecule has 3 aliphatic rings. The van der Waals surface area contributed by atoms with Crippen LogP contribution in [0.25, 0.3) is 0 Å². The van der Waals surface area contributed by atoms with Gasteiger partial charge in [-0.1, -0.05) is 18.2 Å². The van der Waals surface area contributed by atoms with Gasteiger partial charge in [0.2, 0.25) is 10.0 Å². The van der Waals surface area contributed by atoms with Crippen molar-refractivity contribution in [2.75, 3.05) is 17.8 Å². The Hall–Kier alpha value is -1.04. The summed E-state index contributed by atoms with van der Waals surface area (Å²) in [6.07, 6.45) is 3.61. The second-order valence-corrected chi connectivity index (χ2v) is 8.40. The van der Waals surface area contributed by atoms with Crippen LogP contribution in [0.15, 0.2) is 36.9 Å². The molecule has 6 heteroatoms. The van der Waals surface area contributed by atoms with Crippen molar-refractivity contribution >= 4 is 28.1 Å². The van der Waals surface area contributed by atoms with Gasteiger partial charge in [-0.15, -0.1) is 19.0 Å². The normalized spacial score (nSPS) is 32.7. The molecule has 4 rings (SSSR count). The molecule has 3 fully saturated rings. The minimum Gasteiger partial charge on any atom is -0.316 e. The third kappa shape index (κ3) is 2.27. The van der Waals surface area contributed by atoms with Crippen LogP contribution in [0.2, 0.25) is 0 Å². The van der Waals surface area contributed by atoms with Crippen LogP contribution in [0.4, 0.5) is 5.69 Å². The van der Waals surface area contributed by atoms with E-state index in [1.807, 2.05) is 18.2 Å². The van der Waals surface area contributed by atoms with Crippen molar-refractivity contribution in [3.63, 3.8) is 0 Å². The average molecular weight is 341 g/mol. The van der Waals surface area contributed by atoms with Crippen molar-refractivity contribution in [2.24, 2.45) is 11.8 Å². The molecule has 3 atom stereocenters. The lowest BCUT2D eigenvalue weighted by Gasteiger charge is -2.19. The number of allylic oxidation sites excluding steroid dienone is 1. The van der Waals surface area contributed by atoms with Crippen molar-refractivity contribution in [3.05, 3.63) is 42.5 Å². The molecule has 0 aromatic heterocycles. The molecule has 0 spiro atoms. The van der Waals surface area contributed by atoms with E-state index in [1.165, 1.54) is 5.56 Å². The van der Waals surface area contributed by atoms with Crippen molar-refractivity contribution in [3.8, 4) is 0 Å². The van der Waals surface area contributed by atoms with Gasteiger partial charge in [0, 0.05) is 11.1 Å². The van der Waals surface area contributed by atoms with Gasteiger partial charge in [0.1, 0.15) is 0 Å². The number of hydrogen-bond donors (Lipinski definition) is 2. The standard InChI is InChI=1S/C16H20N2O2S.ClH/c1-2-16(14-9-17-10-15(14)16)11-4-3-5-12(8-11)18-21(19,20)13-6-7-13;/h2-5,8,13-15,17-18H,1,6-7,9-10H2;1H/t14-,15+,16?;. The molecule has 0 bridgehead atoms. The fourth-order valence-electron chi connectivity index (χ4n) is 3.91. The molecule has 2 N–H and O–H groups in total. The maximum atomic E-state index is 12.1. The van der Waals surface area contributed by atoms with Gasteiger partial charge < -0.3 is 5.32 Å². The zero-order chi connectivity index (χ0) is 14.7. The minimum atomic E-state index is -3.20. The monoisotopic (exact) mass is 340 g/mol. The molecule has 1 aliphatic heterocycles. The van der Waals surface area contributed by atoms with Crippen molar-refractivity contribution in [1.82, 2.24) is 5.32 Å². The van der Waals surface area contributed by atoms with E-state index in [-0.39, 0.29) is 23.1 Å². The summed E-state index contributed by atoms with van der Waals surface area (Å²) in [5.74, 6) is 1.20. The highest BCUT2D eigenvalue weighted by atomic mass is 35.5. The molecule has 120 valence electrons. The highest BCUT2D eigenvalue weighted by Gasteiger charge is 2.65. The Morgan fingerprint density at radius 3 is 2.55 bits per heavy atom. The number of halogens is 1. The Labute approximate surface area is 137 Å². The van der Waals surface area contributed by atoms with Gasteiger partial charge in [-0.25, -0.2) is 8.42 Å². The van der Waals surface area contributed by atoms with Crippen LogP contribution in [-0.2, 0) is 15.4 Å². The molecule has 0 radical (unpaired) electrons. The van der Waals surface area contributed by atoms with Gasteiger partial charge in [-0.2, -0.15) is 0 Å². The van der Waals surface area contributed by atoms with E-state index in [1.54, 1.807) is 0 Å². The molecular weight excluding hydrogens is 320 g/mol. The van der Waals surface area contributed by atoms with E-state index < -0.39 is 10.0 Å². The van der Waals surface area contributed by atoms with Gasteiger partial charge in [0.15, 0.2) is 0 Å². The van der Waals surface area contributed by atoms with Crippen LogP contribution in [0.1, 0.15) is 18.4 Å². The van der Waals surface area contributed by atoms with Gasteiger partial charge in [0.25, 0.3) is 0 Å². The molecule has 0 amide bonds. The summed E-state index contributed by atoms with van der Waals surface area (Å²) < 4.78 is 26.9. The first kappa shape index (κ1) is 15.8. The van der Waals surface area contributed by atoms with Crippen LogP contribution in [0.5, 0.6) is 0 Å². The summed E-state index contributed by atoms with van der Waals surface area (Å²) in [6.45, 7) is 6.07. The zero-order valence-corrected chi connectivity index (χ0v) is 13.9. The predicted molar refractivity (Wildman–Crippen MR) is 91.0 cm³/mol. The Kier molecular flexibility index (Phi) is 3.78. The number of sulfonamides is 1. The van der Waals surface area contributed by atoms with E-state index in [9.17, 15) is 8.42 Å². The molecule has 1 heterocycles. The lowest BCUT2D eigenvalue weighted by molar-refractivity contribution is 0.599. The average Bonchev–Trinajstić information content (AvgIpc) is 3.36. The molecule has 1 aromatic rings. The maximum Gasteiger partial charge on any atom is 0.235 e. The fourth-order valence-corrected chi connectivity index (χ4v) is 5.29. The number of benzene rings is 1. The van der Waals surface area contributed by atoms with Crippen molar-refractivity contribution in [2.45, 2.75) is 23.5 Å². The van der Waals surface area contributed by atoms with Gasteiger partial charge >= 0.3 is 0 Å². The third-order valence-corrected chi connectivity index (χ3v) is 7.13. The van der Waals surface area contributed by atoms with E-state index >= 15 is 0 Å². The Morgan fingerprint density at radius 2 is 1.95 bits per heavy atom. The molecular formula is C16H21ClN2O2S. The summed E-state index contributed by atoms with van der Waals surface area (Å²) in [6, 6.07) is 7.85. The minimum absolute atomic E-state index is 0. The van der Waals surface area contributed by atoms with Crippen LogP contribution >= 0.6 is 12.4 Å². The summed E-state index contributed by atoms with van der Waals surface area (Å²) in [4.78, 5) is 0. The molecule has 2 saturated carbocycles. The first-order valence-corrected chi connectivity index (χ1v) is 9.09. The molecule has 4 nitrogen and oxygen atoms in total. The Bertz CT molecular complexity index is 690. The van der Waals surface area contributed by atoms with Crippen LogP contribution in [0, 0.1) is 11.8 Å². The van der Waals surface area contributed by atoms with Crippen molar-refractivity contribution in [1.29, 1.82) is 0 Å².